The molecule has 1 unspecified atom stereocenters. The van der Waals surface area contributed by atoms with Crippen molar-refractivity contribution in [2.45, 2.75) is 18.9 Å². The van der Waals surface area contributed by atoms with E-state index in [2.05, 4.69) is 10.3 Å². The average molecular weight is 293 g/mol. The van der Waals surface area contributed by atoms with E-state index in [1.807, 2.05) is 6.07 Å². The van der Waals surface area contributed by atoms with E-state index in [-0.39, 0.29) is 5.91 Å². The maximum Gasteiger partial charge on any atom is 0.268 e. The minimum Gasteiger partial charge on any atom is -0.491 e. The summed E-state index contributed by atoms with van der Waals surface area (Å²) in [7, 11) is 1.76. The first-order chi connectivity index (χ1) is 10.2. The van der Waals surface area contributed by atoms with Gasteiger partial charge in [0, 0.05) is 20.2 Å². The quantitative estimate of drug-likeness (QED) is 0.460. The Balaban J connectivity index is 1.85. The van der Waals surface area contributed by atoms with Crippen LogP contribution in [0.5, 0.6) is 5.75 Å². The van der Waals surface area contributed by atoms with Crippen molar-refractivity contribution in [1.29, 1.82) is 0 Å². The topological polar surface area (TPSA) is 76.8 Å². The molecule has 116 valence electrons. The molecule has 0 radical (unpaired) electrons. The fourth-order valence-electron chi connectivity index (χ4n) is 2.55. The van der Waals surface area contributed by atoms with Crippen molar-refractivity contribution >= 4 is 5.91 Å². The van der Waals surface area contributed by atoms with Gasteiger partial charge in [0.2, 0.25) is 0 Å². The van der Waals surface area contributed by atoms with Crippen LogP contribution in [-0.4, -0.2) is 50.3 Å². The maximum atomic E-state index is 11.6. The number of ether oxygens (including phenoxy) is 2. The molecule has 1 heterocycles. The molecule has 1 aromatic rings. The van der Waals surface area contributed by atoms with Gasteiger partial charge in [0.1, 0.15) is 12.4 Å². The van der Waals surface area contributed by atoms with Crippen molar-refractivity contribution in [3.8, 4) is 5.75 Å². The molecule has 0 aromatic heterocycles. The van der Waals surface area contributed by atoms with Crippen molar-refractivity contribution < 1.29 is 14.3 Å². The molecule has 0 bridgehead atoms. The molecular formula is C15H23N3O3. The van der Waals surface area contributed by atoms with E-state index in [9.17, 15) is 4.79 Å². The van der Waals surface area contributed by atoms with Crippen LogP contribution in [0.25, 0.3) is 0 Å². The van der Waals surface area contributed by atoms with Gasteiger partial charge >= 0.3 is 0 Å². The van der Waals surface area contributed by atoms with E-state index in [0.717, 1.165) is 32.5 Å². The minimum atomic E-state index is -0.344. The van der Waals surface area contributed by atoms with Crippen LogP contribution in [0.3, 0.4) is 0 Å². The van der Waals surface area contributed by atoms with Gasteiger partial charge in [0.25, 0.3) is 5.91 Å². The zero-order valence-electron chi connectivity index (χ0n) is 12.4. The Morgan fingerprint density at radius 3 is 3.05 bits per heavy atom. The number of methoxy groups -OCH3 is 1. The molecule has 0 aliphatic carbocycles. The number of nitrogens with one attached hydrogen (secondary N) is 1. The molecule has 1 amide bonds. The predicted molar refractivity (Wildman–Crippen MR) is 80.1 cm³/mol. The molecular weight excluding hydrogens is 270 g/mol. The fourth-order valence-corrected chi connectivity index (χ4v) is 2.55. The lowest BCUT2D eigenvalue weighted by molar-refractivity contribution is 0.0271. The Bertz CT molecular complexity index is 467. The lowest BCUT2D eigenvalue weighted by Crippen LogP contribution is -2.41. The number of nitrogens with two attached hydrogens (primary N) is 1. The number of hydrogen-bond donors (Lipinski definition) is 2. The zero-order valence-corrected chi connectivity index (χ0v) is 12.4. The molecule has 6 nitrogen and oxygen atoms in total. The second-order valence-corrected chi connectivity index (χ2v) is 5.12. The highest BCUT2D eigenvalue weighted by Gasteiger charge is 2.19. The first kappa shape index (κ1) is 15.8. The van der Waals surface area contributed by atoms with Gasteiger partial charge in [-0.3, -0.25) is 15.1 Å². The average Bonchev–Trinajstić information content (AvgIpc) is 2.55. The molecule has 1 atom stereocenters. The molecule has 1 saturated heterocycles. The molecule has 0 saturated carbocycles. The van der Waals surface area contributed by atoms with Crippen LogP contribution in [0.4, 0.5) is 0 Å². The molecule has 2 rings (SSSR count). The molecule has 3 N–H and O–H groups in total. The predicted octanol–water partition coefficient (Wildman–Crippen LogP) is 0.780. The fraction of sp³-hybridized carbons (Fsp3) is 0.533. The smallest absolute Gasteiger partial charge is 0.268 e. The summed E-state index contributed by atoms with van der Waals surface area (Å²) in [4.78, 5) is 14.0. The number of nitrogen functional groups attached to an aromatic ring is 1. The van der Waals surface area contributed by atoms with E-state index in [4.69, 9.17) is 15.3 Å². The summed E-state index contributed by atoms with van der Waals surface area (Å²) >= 11 is 0. The summed E-state index contributed by atoms with van der Waals surface area (Å²) in [6.45, 7) is 3.35. The first-order valence-corrected chi connectivity index (χ1v) is 7.22. The van der Waals surface area contributed by atoms with Gasteiger partial charge in [0.15, 0.2) is 0 Å². The third-order valence-electron chi connectivity index (χ3n) is 3.72. The van der Waals surface area contributed by atoms with Gasteiger partial charge < -0.3 is 9.47 Å². The van der Waals surface area contributed by atoms with E-state index >= 15 is 0 Å². The third kappa shape index (κ3) is 4.42. The number of hydrazine groups is 1. The highest BCUT2D eigenvalue weighted by atomic mass is 16.5. The number of para-hydroxylation sites is 1. The highest BCUT2D eigenvalue weighted by molar-refractivity contribution is 5.96. The zero-order chi connectivity index (χ0) is 15.1. The Labute approximate surface area is 125 Å². The number of carbonyl (C=O) groups excluding carboxylic acids is 1. The standard InChI is InChI=1S/C15H23N3O3/c1-20-12-5-4-8-18(11-12)9-10-21-14-7-3-2-6-13(14)15(19)17-16/h2-3,6-7,12H,4-5,8-11,16H2,1H3,(H,17,19). The number of benzene rings is 1. The number of nitrogens with zero attached hydrogens (tertiary/aromatic N) is 1. The van der Waals surface area contributed by atoms with Gasteiger partial charge in [-0.05, 0) is 31.5 Å². The summed E-state index contributed by atoms with van der Waals surface area (Å²) in [5.74, 6) is 5.38. The molecule has 1 fully saturated rings. The largest absolute Gasteiger partial charge is 0.491 e. The summed E-state index contributed by atoms with van der Waals surface area (Å²) in [6.07, 6.45) is 2.58. The summed E-state index contributed by atoms with van der Waals surface area (Å²) < 4.78 is 11.1. The van der Waals surface area contributed by atoms with Gasteiger partial charge in [-0.1, -0.05) is 12.1 Å². The SMILES string of the molecule is COC1CCCN(CCOc2ccccc2C(=O)NN)C1. The maximum absolute atomic E-state index is 11.6. The van der Waals surface area contributed by atoms with Crippen LogP contribution < -0.4 is 16.0 Å². The van der Waals surface area contributed by atoms with E-state index < -0.39 is 0 Å². The van der Waals surface area contributed by atoms with Gasteiger partial charge in [-0.25, -0.2) is 5.84 Å². The Hall–Kier alpha value is -1.63. The lowest BCUT2D eigenvalue weighted by Gasteiger charge is -2.31. The molecule has 1 aliphatic heterocycles. The molecule has 21 heavy (non-hydrogen) atoms. The Morgan fingerprint density at radius 2 is 2.29 bits per heavy atom. The van der Waals surface area contributed by atoms with Gasteiger partial charge in [-0.2, -0.15) is 0 Å². The second-order valence-electron chi connectivity index (χ2n) is 5.12. The van der Waals surface area contributed by atoms with Crippen LogP contribution in [-0.2, 0) is 4.74 Å². The van der Waals surface area contributed by atoms with Crippen LogP contribution in [0.15, 0.2) is 24.3 Å². The first-order valence-electron chi connectivity index (χ1n) is 7.22. The van der Waals surface area contributed by atoms with Crippen molar-refractivity contribution in [2.75, 3.05) is 33.4 Å². The highest BCUT2D eigenvalue weighted by Crippen LogP contribution is 2.18. The summed E-state index contributed by atoms with van der Waals surface area (Å²) in [5.41, 5.74) is 2.58. The van der Waals surface area contributed by atoms with Crippen molar-refractivity contribution in [2.24, 2.45) is 5.84 Å². The number of piperidine rings is 1. The van der Waals surface area contributed by atoms with E-state index in [0.29, 0.717) is 24.0 Å². The van der Waals surface area contributed by atoms with Crippen LogP contribution >= 0.6 is 0 Å². The number of likely N-dealkylation sites (tertiary alicyclic amines) is 1. The third-order valence-corrected chi connectivity index (χ3v) is 3.72. The number of rotatable bonds is 6. The molecule has 1 aromatic carbocycles. The van der Waals surface area contributed by atoms with Crippen LogP contribution in [0.1, 0.15) is 23.2 Å². The molecule has 1 aliphatic rings. The number of amides is 1. The van der Waals surface area contributed by atoms with E-state index in [1.165, 1.54) is 0 Å². The lowest BCUT2D eigenvalue weighted by atomic mass is 10.1. The number of carbonyl (C=O) groups is 1. The second kappa shape index (κ2) is 7.97. The van der Waals surface area contributed by atoms with E-state index in [1.54, 1.807) is 25.3 Å². The van der Waals surface area contributed by atoms with Crippen molar-refractivity contribution in [3.05, 3.63) is 29.8 Å². The minimum absolute atomic E-state index is 0.314. The van der Waals surface area contributed by atoms with Crippen molar-refractivity contribution in [3.63, 3.8) is 0 Å². The normalized spacial score (nSPS) is 19.2. The van der Waals surface area contributed by atoms with Crippen molar-refractivity contribution in [1.82, 2.24) is 10.3 Å². The molecule has 6 heteroatoms. The van der Waals surface area contributed by atoms with Gasteiger partial charge in [-0.15, -0.1) is 0 Å². The summed E-state index contributed by atoms with van der Waals surface area (Å²) in [5, 5.41) is 0. The van der Waals surface area contributed by atoms with Crippen LogP contribution in [0, 0.1) is 0 Å². The van der Waals surface area contributed by atoms with Crippen LogP contribution in [0.2, 0.25) is 0 Å². The monoisotopic (exact) mass is 293 g/mol. The Morgan fingerprint density at radius 1 is 1.48 bits per heavy atom. The summed E-state index contributed by atoms with van der Waals surface area (Å²) in [6, 6.07) is 7.09. The Kier molecular flexibility index (Phi) is 5.98. The number of hydrogen-bond acceptors (Lipinski definition) is 5. The van der Waals surface area contributed by atoms with Gasteiger partial charge in [0.05, 0.1) is 11.7 Å². The molecule has 0 spiro atoms.